The van der Waals surface area contributed by atoms with E-state index >= 15 is 0 Å². The van der Waals surface area contributed by atoms with Crippen molar-refractivity contribution in [1.29, 1.82) is 0 Å². The summed E-state index contributed by atoms with van der Waals surface area (Å²) in [5.74, 6) is 4.73. The molecule has 0 aliphatic rings. The van der Waals surface area contributed by atoms with Crippen molar-refractivity contribution in [1.82, 2.24) is 4.98 Å². The summed E-state index contributed by atoms with van der Waals surface area (Å²) < 4.78 is 40.1. The lowest BCUT2D eigenvalue weighted by molar-refractivity contribution is 0.601. The Morgan fingerprint density at radius 1 is 1.25 bits per heavy atom. The molecule has 0 fully saturated rings. The first-order chi connectivity index (χ1) is 9.44. The molecule has 1 aromatic heterocycles. The second-order valence-electron chi connectivity index (χ2n) is 4.08. The molecule has 106 valence electrons. The molecule has 6 nitrogen and oxygen atoms in total. The number of rotatable bonds is 4. The Labute approximate surface area is 115 Å². The number of aryl methyl sites for hydroxylation is 1. The second kappa shape index (κ2) is 5.43. The van der Waals surface area contributed by atoms with E-state index in [1.54, 1.807) is 6.92 Å². The van der Waals surface area contributed by atoms with Crippen molar-refractivity contribution in [3.05, 3.63) is 48.0 Å². The minimum absolute atomic E-state index is 0.119. The number of hydrogen-bond acceptors (Lipinski definition) is 5. The van der Waals surface area contributed by atoms with Gasteiger partial charge in [-0.25, -0.2) is 12.8 Å². The van der Waals surface area contributed by atoms with Crippen LogP contribution in [0, 0.1) is 12.7 Å². The maximum Gasteiger partial charge on any atom is 0.265 e. The van der Waals surface area contributed by atoms with Gasteiger partial charge in [0.05, 0.1) is 11.4 Å². The van der Waals surface area contributed by atoms with Crippen LogP contribution in [-0.4, -0.2) is 13.4 Å². The van der Waals surface area contributed by atoms with Crippen LogP contribution in [0.2, 0.25) is 0 Å². The van der Waals surface area contributed by atoms with E-state index in [1.807, 2.05) is 0 Å². The van der Waals surface area contributed by atoms with Gasteiger partial charge in [0.15, 0.2) is 0 Å². The number of anilines is 2. The van der Waals surface area contributed by atoms with E-state index < -0.39 is 15.8 Å². The summed E-state index contributed by atoms with van der Waals surface area (Å²) in [6.45, 7) is 1.67. The van der Waals surface area contributed by atoms with E-state index in [1.165, 1.54) is 24.4 Å². The van der Waals surface area contributed by atoms with Crippen LogP contribution in [0.3, 0.4) is 0 Å². The summed E-state index contributed by atoms with van der Waals surface area (Å²) in [4.78, 5) is 3.63. The molecule has 0 radical (unpaired) electrons. The number of benzene rings is 1. The molecule has 0 aliphatic carbocycles. The maximum absolute atomic E-state index is 13.2. The fraction of sp³-hybridized carbons (Fsp3) is 0.0833. The standard InChI is InChI=1S/C12H13FN4O2S/c1-8-2-3-9(13)6-11(8)17-20(18,19)12-7-15-5-4-10(12)16-14/h2-7,17H,14H2,1H3,(H,15,16). The smallest absolute Gasteiger partial charge is 0.265 e. The fourth-order valence-electron chi connectivity index (χ4n) is 1.62. The van der Waals surface area contributed by atoms with E-state index in [2.05, 4.69) is 15.1 Å². The van der Waals surface area contributed by atoms with E-state index in [0.29, 0.717) is 5.56 Å². The van der Waals surface area contributed by atoms with Gasteiger partial charge in [-0.15, -0.1) is 0 Å². The highest BCUT2D eigenvalue weighted by Crippen LogP contribution is 2.24. The predicted octanol–water partition coefficient (Wildman–Crippen LogP) is 1.62. The van der Waals surface area contributed by atoms with E-state index in [-0.39, 0.29) is 16.3 Å². The Bertz CT molecular complexity index is 734. The Morgan fingerprint density at radius 2 is 2.00 bits per heavy atom. The van der Waals surface area contributed by atoms with Crippen LogP contribution in [0.1, 0.15) is 5.56 Å². The molecule has 4 N–H and O–H groups in total. The number of halogens is 1. The van der Waals surface area contributed by atoms with Crippen LogP contribution in [0.4, 0.5) is 15.8 Å². The van der Waals surface area contributed by atoms with Crippen molar-refractivity contribution >= 4 is 21.4 Å². The molecule has 0 spiro atoms. The van der Waals surface area contributed by atoms with Crippen molar-refractivity contribution < 1.29 is 12.8 Å². The third kappa shape index (κ3) is 2.86. The third-order valence-electron chi connectivity index (χ3n) is 2.67. The molecule has 8 heteroatoms. The highest BCUT2D eigenvalue weighted by Gasteiger charge is 2.19. The normalized spacial score (nSPS) is 11.2. The average molecular weight is 296 g/mol. The van der Waals surface area contributed by atoms with Crippen LogP contribution in [-0.2, 0) is 10.0 Å². The number of pyridine rings is 1. The second-order valence-corrected chi connectivity index (χ2v) is 5.73. The van der Waals surface area contributed by atoms with Crippen LogP contribution in [0.25, 0.3) is 0 Å². The van der Waals surface area contributed by atoms with Crippen LogP contribution in [0.5, 0.6) is 0 Å². The SMILES string of the molecule is Cc1ccc(F)cc1NS(=O)(=O)c1cnccc1NN. The molecule has 1 heterocycles. The molecule has 0 unspecified atom stereocenters. The summed E-state index contributed by atoms with van der Waals surface area (Å²) in [7, 11) is -3.92. The lowest BCUT2D eigenvalue weighted by atomic mass is 10.2. The third-order valence-corrected chi connectivity index (χ3v) is 4.07. The Hall–Kier alpha value is -2.19. The Kier molecular flexibility index (Phi) is 3.86. The fourth-order valence-corrected chi connectivity index (χ4v) is 2.85. The number of aromatic nitrogens is 1. The van der Waals surface area contributed by atoms with Gasteiger partial charge in [-0.05, 0) is 30.7 Å². The summed E-state index contributed by atoms with van der Waals surface area (Å²) >= 11 is 0. The number of sulfonamides is 1. The first-order valence-corrected chi connectivity index (χ1v) is 7.12. The molecule has 0 saturated carbocycles. The number of nitrogens with one attached hydrogen (secondary N) is 2. The van der Waals surface area contributed by atoms with Gasteiger partial charge >= 0.3 is 0 Å². The monoisotopic (exact) mass is 296 g/mol. The van der Waals surface area contributed by atoms with Gasteiger partial charge in [0.2, 0.25) is 0 Å². The summed E-state index contributed by atoms with van der Waals surface area (Å²) in [6.07, 6.45) is 2.56. The van der Waals surface area contributed by atoms with Crippen molar-refractivity contribution in [2.24, 2.45) is 5.84 Å². The molecular formula is C12H13FN4O2S. The molecule has 0 bridgehead atoms. The maximum atomic E-state index is 13.2. The highest BCUT2D eigenvalue weighted by molar-refractivity contribution is 7.92. The van der Waals surface area contributed by atoms with Gasteiger partial charge in [-0.2, -0.15) is 0 Å². The van der Waals surface area contributed by atoms with E-state index in [0.717, 1.165) is 12.3 Å². The lowest BCUT2D eigenvalue weighted by Gasteiger charge is -2.12. The van der Waals surface area contributed by atoms with Crippen molar-refractivity contribution in [2.45, 2.75) is 11.8 Å². The molecule has 0 aliphatic heterocycles. The van der Waals surface area contributed by atoms with Crippen molar-refractivity contribution in [2.75, 3.05) is 10.1 Å². The topological polar surface area (TPSA) is 97.1 Å². The zero-order chi connectivity index (χ0) is 14.8. The van der Waals surface area contributed by atoms with E-state index in [9.17, 15) is 12.8 Å². The molecule has 2 rings (SSSR count). The van der Waals surface area contributed by atoms with Gasteiger partial charge in [-0.1, -0.05) is 6.07 Å². The van der Waals surface area contributed by atoms with Crippen LogP contribution >= 0.6 is 0 Å². The minimum Gasteiger partial charge on any atom is -0.323 e. The number of nitrogens with two attached hydrogens (primary N) is 1. The van der Waals surface area contributed by atoms with Gasteiger partial charge in [0.25, 0.3) is 10.0 Å². The summed E-state index contributed by atoms with van der Waals surface area (Å²) in [6, 6.07) is 5.27. The number of nitrogens with zero attached hydrogens (tertiary/aromatic N) is 1. The zero-order valence-electron chi connectivity index (χ0n) is 10.6. The Balaban J connectivity index is 2.43. The number of hydrogen-bond donors (Lipinski definition) is 3. The highest BCUT2D eigenvalue weighted by atomic mass is 32.2. The quantitative estimate of drug-likeness (QED) is 0.588. The largest absolute Gasteiger partial charge is 0.323 e. The Morgan fingerprint density at radius 3 is 2.70 bits per heavy atom. The lowest BCUT2D eigenvalue weighted by Crippen LogP contribution is -2.18. The molecular weight excluding hydrogens is 283 g/mol. The van der Waals surface area contributed by atoms with Crippen LogP contribution in [0.15, 0.2) is 41.6 Å². The molecule has 0 amide bonds. The predicted molar refractivity (Wildman–Crippen MR) is 74.0 cm³/mol. The average Bonchev–Trinajstić information content (AvgIpc) is 2.42. The van der Waals surface area contributed by atoms with Gasteiger partial charge in [0, 0.05) is 12.4 Å². The van der Waals surface area contributed by atoms with Gasteiger partial charge in [0.1, 0.15) is 10.7 Å². The van der Waals surface area contributed by atoms with Gasteiger partial charge in [-0.3, -0.25) is 15.5 Å². The molecule has 0 saturated heterocycles. The van der Waals surface area contributed by atoms with Gasteiger partial charge < -0.3 is 5.43 Å². The van der Waals surface area contributed by atoms with E-state index in [4.69, 9.17) is 5.84 Å². The molecule has 20 heavy (non-hydrogen) atoms. The zero-order valence-corrected chi connectivity index (χ0v) is 11.4. The number of hydrazine groups is 1. The summed E-state index contributed by atoms with van der Waals surface area (Å²) in [5, 5.41) is 0. The first-order valence-electron chi connectivity index (χ1n) is 5.63. The molecule has 0 atom stereocenters. The van der Waals surface area contributed by atoms with Crippen LogP contribution < -0.4 is 16.0 Å². The molecule has 2 aromatic rings. The minimum atomic E-state index is -3.92. The number of nitrogen functional groups attached to an aromatic ring is 1. The van der Waals surface area contributed by atoms with Crippen molar-refractivity contribution in [3.63, 3.8) is 0 Å². The van der Waals surface area contributed by atoms with Crippen molar-refractivity contribution in [3.8, 4) is 0 Å². The molecule has 1 aromatic carbocycles. The summed E-state index contributed by atoms with van der Waals surface area (Å²) in [5.41, 5.74) is 3.24. The first kappa shape index (κ1) is 14.2.